The van der Waals surface area contributed by atoms with Crippen LogP contribution in [-0.4, -0.2) is 30.2 Å². The van der Waals surface area contributed by atoms with Gasteiger partial charge in [-0.2, -0.15) is 0 Å². The van der Waals surface area contributed by atoms with Crippen molar-refractivity contribution in [1.82, 2.24) is 10.3 Å². The molecule has 5 heteroatoms. The van der Waals surface area contributed by atoms with E-state index in [0.29, 0.717) is 0 Å². The second-order valence-electron chi connectivity index (χ2n) is 6.52. The van der Waals surface area contributed by atoms with Crippen LogP contribution in [0, 0.1) is 5.92 Å². The summed E-state index contributed by atoms with van der Waals surface area (Å²) in [6, 6.07) is 2.07. The van der Waals surface area contributed by atoms with Gasteiger partial charge in [-0.05, 0) is 84.0 Å². The van der Waals surface area contributed by atoms with Crippen LogP contribution in [0.4, 0.5) is 5.82 Å². The van der Waals surface area contributed by atoms with Gasteiger partial charge in [0.25, 0.3) is 0 Å². The smallest absolute Gasteiger partial charge is 0.142 e. The third-order valence-electron chi connectivity index (χ3n) is 3.62. The zero-order valence-electron chi connectivity index (χ0n) is 12.4. The van der Waals surface area contributed by atoms with E-state index in [0.717, 1.165) is 40.3 Å². The number of hydrogen-bond acceptors (Lipinski definition) is 3. The summed E-state index contributed by atoms with van der Waals surface area (Å²) in [5, 5.41) is 3.62. The van der Waals surface area contributed by atoms with Gasteiger partial charge in [0.1, 0.15) is 5.82 Å². The molecule has 1 aromatic rings. The Balaban J connectivity index is 1.88. The monoisotopic (exact) mass is 403 g/mol. The van der Waals surface area contributed by atoms with Gasteiger partial charge >= 0.3 is 0 Å². The van der Waals surface area contributed by atoms with Crippen molar-refractivity contribution >= 4 is 37.7 Å². The molecule has 0 aliphatic carbocycles. The summed E-state index contributed by atoms with van der Waals surface area (Å²) in [5.74, 6) is 1.84. The number of piperidine rings is 1. The van der Waals surface area contributed by atoms with Gasteiger partial charge in [0.2, 0.25) is 0 Å². The number of nitrogens with zero attached hydrogens (tertiary/aromatic N) is 2. The normalized spacial score (nSPS) is 17.6. The molecular formula is C15H23Br2N3. The van der Waals surface area contributed by atoms with Crippen LogP contribution in [0.2, 0.25) is 0 Å². The average Bonchev–Trinajstić information content (AvgIpc) is 2.36. The van der Waals surface area contributed by atoms with E-state index in [4.69, 9.17) is 0 Å². The lowest BCUT2D eigenvalue weighted by Gasteiger charge is -2.34. The minimum Gasteiger partial charge on any atom is -0.356 e. The number of rotatable bonds is 3. The SMILES string of the molecule is CC(C)(C)NCC1CCN(c2ncc(Br)cc2Br)CC1. The first-order valence-corrected chi connectivity index (χ1v) is 8.75. The molecule has 2 heterocycles. The van der Waals surface area contributed by atoms with Crippen LogP contribution in [-0.2, 0) is 0 Å². The fourth-order valence-electron chi connectivity index (χ4n) is 2.44. The van der Waals surface area contributed by atoms with Crippen LogP contribution >= 0.6 is 31.9 Å². The maximum atomic E-state index is 4.53. The molecule has 1 aliphatic heterocycles. The Bertz CT molecular complexity index is 449. The largest absolute Gasteiger partial charge is 0.356 e. The van der Waals surface area contributed by atoms with Crippen molar-refractivity contribution in [1.29, 1.82) is 0 Å². The van der Waals surface area contributed by atoms with Gasteiger partial charge in [0.15, 0.2) is 0 Å². The molecule has 0 radical (unpaired) electrons. The topological polar surface area (TPSA) is 28.2 Å². The van der Waals surface area contributed by atoms with E-state index in [1.54, 1.807) is 0 Å². The van der Waals surface area contributed by atoms with Crippen molar-refractivity contribution in [2.75, 3.05) is 24.5 Å². The predicted octanol–water partition coefficient (Wildman–Crippen LogP) is 4.21. The van der Waals surface area contributed by atoms with Crippen LogP contribution in [0.5, 0.6) is 0 Å². The predicted molar refractivity (Wildman–Crippen MR) is 92.3 cm³/mol. The second-order valence-corrected chi connectivity index (χ2v) is 8.29. The number of pyridine rings is 1. The van der Waals surface area contributed by atoms with E-state index in [1.165, 1.54) is 12.8 Å². The van der Waals surface area contributed by atoms with Gasteiger partial charge < -0.3 is 10.2 Å². The van der Waals surface area contributed by atoms with Gasteiger partial charge in [0, 0.05) is 29.3 Å². The fourth-order valence-corrected chi connectivity index (χ4v) is 3.68. The number of aromatic nitrogens is 1. The lowest BCUT2D eigenvalue weighted by atomic mass is 9.95. The molecule has 0 unspecified atom stereocenters. The second kappa shape index (κ2) is 6.75. The Morgan fingerprint density at radius 3 is 2.50 bits per heavy atom. The molecule has 3 nitrogen and oxygen atoms in total. The van der Waals surface area contributed by atoms with Crippen LogP contribution in [0.15, 0.2) is 21.2 Å². The fraction of sp³-hybridized carbons (Fsp3) is 0.667. The number of anilines is 1. The van der Waals surface area contributed by atoms with E-state index >= 15 is 0 Å². The molecule has 1 saturated heterocycles. The van der Waals surface area contributed by atoms with E-state index < -0.39 is 0 Å². The zero-order valence-corrected chi connectivity index (χ0v) is 15.6. The molecule has 1 fully saturated rings. The average molecular weight is 405 g/mol. The van der Waals surface area contributed by atoms with Crippen molar-refractivity contribution in [3.8, 4) is 0 Å². The third kappa shape index (κ3) is 4.71. The third-order valence-corrected chi connectivity index (χ3v) is 4.64. The van der Waals surface area contributed by atoms with Crippen LogP contribution in [0.3, 0.4) is 0 Å². The minimum atomic E-state index is 0.216. The highest BCUT2D eigenvalue weighted by Gasteiger charge is 2.22. The molecule has 1 N–H and O–H groups in total. The standard InChI is InChI=1S/C15H23Br2N3/c1-15(2,3)19-9-11-4-6-20(7-5-11)14-13(17)8-12(16)10-18-14/h8,10-11,19H,4-7,9H2,1-3H3. The summed E-state index contributed by atoms with van der Waals surface area (Å²) in [4.78, 5) is 6.91. The van der Waals surface area contributed by atoms with Crippen molar-refractivity contribution in [2.24, 2.45) is 5.92 Å². The van der Waals surface area contributed by atoms with Crippen molar-refractivity contribution in [2.45, 2.75) is 39.2 Å². The van der Waals surface area contributed by atoms with E-state index in [-0.39, 0.29) is 5.54 Å². The van der Waals surface area contributed by atoms with Crippen molar-refractivity contribution in [3.63, 3.8) is 0 Å². The molecule has 1 aliphatic rings. The van der Waals surface area contributed by atoms with Crippen LogP contribution in [0.25, 0.3) is 0 Å². The van der Waals surface area contributed by atoms with Crippen LogP contribution in [0.1, 0.15) is 33.6 Å². The molecule has 0 atom stereocenters. The lowest BCUT2D eigenvalue weighted by molar-refractivity contribution is 0.328. The van der Waals surface area contributed by atoms with E-state index in [9.17, 15) is 0 Å². The molecule has 1 aromatic heterocycles. The molecule has 0 spiro atoms. The van der Waals surface area contributed by atoms with Gasteiger partial charge in [0.05, 0.1) is 4.47 Å². The Morgan fingerprint density at radius 1 is 1.30 bits per heavy atom. The highest BCUT2D eigenvalue weighted by Crippen LogP contribution is 2.29. The maximum Gasteiger partial charge on any atom is 0.142 e. The molecule has 2 rings (SSSR count). The highest BCUT2D eigenvalue weighted by molar-refractivity contribution is 9.11. The first kappa shape index (κ1) is 16.2. The summed E-state index contributed by atoms with van der Waals surface area (Å²) in [6.45, 7) is 9.97. The Labute approximate surface area is 138 Å². The summed E-state index contributed by atoms with van der Waals surface area (Å²) >= 11 is 7.06. The van der Waals surface area contributed by atoms with Crippen molar-refractivity contribution < 1.29 is 0 Å². The molecule has 112 valence electrons. The van der Waals surface area contributed by atoms with E-state index in [2.05, 4.69) is 73.9 Å². The highest BCUT2D eigenvalue weighted by atomic mass is 79.9. The number of halogens is 2. The zero-order chi connectivity index (χ0) is 14.8. The molecule has 0 aromatic carbocycles. The number of hydrogen-bond donors (Lipinski definition) is 1. The first-order valence-electron chi connectivity index (χ1n) is 7.16. The quantitative estimate of drug-likeness (QED) is 0.817. The summed E-state index contributed by atoms with van der Waals surface area (Å²) in [5.41, 5.74) is 0.216. The van der Waals surface area contributed by atoms with E-state index in [1.807, 2.05) is 6.20 Å². The summed E-state index contributed by atoms with van der Waals surface area (Å²) in [6.07, 6.45) is 4.33. The Hall–Kier alpha value is -0.130. The number of nitrogens with one attached hydrogen (secondary N) is 1. The van der Waals surface area contributed by atoms with Crippen molar-refractivity contribution in [3.05, 3.63) is 21.2 Å². The Kier molecular flexibility index (Phi) is 5.49. The molecule has 0 bridgehead atoms. The van der Waals surface area contributed by atoms with Gasteiger partial charge in [-0.1, -0.05) is 0 Å². The molecule has 20 heavy (non-hydrogen) atoms. The van der Waals surface area contributed by atoms with Gasteiger partial charge in [-0.15, -0.1) is 0 Å². The van der Waals surface area contributed by atoms with Gasteiger partial charge in [-0.3, -0.25) is 0 Å². The first-order chi connectivity index (χ1) is 9.35. The lowest BCUT2D eigenvalue weighted by Crippen LogP contribution is -2.43. The van der Waals surface area contributed by atoms with Gasteiger partial charge in [-0.25, -0.2) is 4.98 Å². The summed E-state index contributed by atoms with van der Waals surface area (Å²) in [7, 11) is 0. The maximum absolute atomic E-state index is 4.53. The molecule has 0 amide bonds. The van der Waals surface area contributed by atoms with Crippen LogP contribution < -0.4 is 10.2 Å². The minimum absolute atomic E-state index is 0.216. The summed E-state index contributed by atoms with van der Waals surface area (Å²) < 4.78 is 2.08. The Morgan fingerprint density at radius 2 is 1.95 bits per heavy atom. The molecule has 0 saturated carbocycles. The molecular weight excluding hydrogens is 382 g/mol.